The van der Waals surface area contributed by atoms with E-state index in [1.165, 1.54) is 35.6 Å². The third-order valence-electron chi connectivity index (χ3n) is 8.65. The van der Waals surface area contributed by atoms with Gasteiger partial charge in [0, 0.05) is 37.8 Å². The molecule has 1 aliphatic carbocycles. The Morgan fingerprint density at radius 2 is 1.55 bits per heavy atom. The quantitative estimate of drug-likeness (QED) is 0.112. The molecule has 0 radical (unpaired) electrons. The van der Waals surface area contributed by atoms with Crippen molar-refractivity contribution in [2.24, 2.45) is 5.41 Å². The minimum atomic E-state index is -1.07. The van der Waals surface area contributed by atoms with Crippen molar-refractivity contribution in [1.82, 2.24) is 14.9 Å². The number of ketones is 2. The van der Waals surface area contributed by atoms with Crippen LogP contribution in [-0.4, -0.2) is 44.7 Å². The standard InChI is InChI=1S/C40H39F2N3O5S/c1-5-18-45(38(48)50-39(2,3)4)24-27-8-12-30(44-23-27)34-22-31-37(51-34)33(14-17-43-31)49-32-13-9-26(19-29(32)42)21-36(47)40(15-16-40)35(46)20-25-6-10-28(41)11-7-25/h6-14,17,19,22-23H,5,15-16,18,20-21,24H2,1-4H3. The number of pyridine rings is 2. The molecule has 0 saturated heterocycles. The normalized spacial score (nSPS) is 13.5. The van der Waals surface area contributed by atoms with Crippen LogP contribution < -0.4 is 4.74 Å². The molecule has 11 heteroatoms. The number of ether oxygens (including phenoxy) is 2. The summed E-state index contributed by atoms with van der Waals surface area (Å²) in [6.45, 7) is 8.47. The van der Waals surface area contributed by atoms with E-state index >= 15 is 4.39 Å². The highest BCUT2D eigenvalue weighted by atomic mass is 32.1. The van der Waals surface area contributed by atoms with Crippen LogP contribution in [0, 0.1) is 17.0 Å². The van der Waals surface area contributed by atoms with Crippen molar-refractivity contribution in [3.63, 3.8) is 0 Å². The van der Waals surface area contributed by atoms with Crippen molar-refractivity contribution >= 4 is 39.2 Å². The molecule has 264 valence electrons. The molecule has 1 amide bonds. The van der Waals surface area contributed by atoms with E-state index < -0.39 is 16.8 Å². The Morgan fingerprint density at radius 3 is 2.18 bits per heavy atom. The molecule has 51 heavy (non-hydrogen) atoms. The number of halogens is 2. The van der Waals surface area contributed by atoms with Gasteiger partial charge in [-0.1, -0.05) is 31.2 Å². The summed E-state index contributed by atoms with van der Waals surface area (Å²) in [6, 6.07) is 17.4. The second kappa shape index (κ2) is 14.7. The monoisotopic (exact) mass is 711 g/mol. The van der Waals surface area contributed by atoms with Crippen LogP contribution in [0.4, 0.5) is 13.6 Å². The van der Waals surface area contributed by atoms with Gasteiger partial charge in [0.25, 0.3) is 0 Å². The lowest BCUT2D eigenvalue weighted by atomic mass is 9.88. The average Bonchev–Trinajstić information content (AvgIpc) is 3.79. The molecule has 6 rings (SSSR count). The molecule has 0 bridgehead atoms. The van der Waals surface area contributed by atoms with Crippen LogP contribution in [0.5, 0.6) is 11.5 Å². The Hall–Kier alpha value is -5.03. The Balaban J connectivity index is 1.12. The number of thiophene rings is 1. The van der Waals surface area contributed by atoms with Gasteiger partial charge in [-0.05, 0) is 93.1 Å². The number of carbonyl (C=O) groups excluding carboxylic acids is 3. The van der Waals surface area contributed by atoms with Crippen LogP contribution in [0.3, 0.4) is 0 Å². The van der Waals surface area contributed by atoms with Crippen LogP contribution in [0.1, 0.15) is 63.6 Å². The summed E-state index contributed by atoms with van der Waals surface area (Å²) in [6.07, 6.45) is 4.65. The minimum absolute atomic E-state index is 0.00808. The van der Waals surface area contributed by atoms with Crippen LogP contribution in [0.25, 0.3) is 20.8 Å². The topological polar surface area (TPSA) is 98.7 Å². The van der Waals surface area contributed by atoms with Gasteiger partial charge in [-0.3, -0.25) is 19.6 Å². The van der Waals surface area contributed by atoms with Crippen molar-refractivity contribution in [3.05, 3.63) is 107 Å². The molecule has 3 heterocycles. The molecule has 8 nitrogen and oxygen atoms in total. The van der Waals surface area contributed by atoms with Crippen LogP contribution in [0.15, 0.2) is 79.1 Å². The maximum atomic E-state index is 15.4. The van der Waals surface area contributed by atoms with E-state index in [-0.39, 0.29) is 42.1 Å². The molecule has 1 saturated carbocycles. The fourth-order valence-corrected chi connectivity index (χ4v) is 6.88. The number of carbonyl (C=O) groups is 3. The van der Waals surface area contributed by atoms with Crippen molar-refractivity contribution in [2.45, 2.75) is 71.9 Å². The van der Waals surface area contributed by atoms with E-state index in [0.717, 1.165) is 22.6 Å². The van der Waals surface area contributed by atoms with Gasteiger partial charge in [0.2, 0.25) is 0 Å². The summed E-state index contributed by atoms with van der Waals surface area (Å²) in [7, 11) is 0. The van der Waals surface area contributed by atoms with Crippen molar-refractivity contribution in [3.8, 4) is 22.1 Å². The third-order valence-corrected chi connectivity index (χ3v) is 9.81. The first-order valence-electron chi connectivity index (χ1n) is 16.9. The number of amides is 1. The highest BCUT2D eigenvalue weighted by molar-refractivity contribution is 7.22. The molecule has 0 aliphatic heterocycles. The van der Waals surface area contributed by atoms with Crippen LogP contribution in [0.2, 0.25) is 0 Å². The maximum absolute atomic E-state index is 15.4. The van der Waals surface area contributed by atoms with Gasteiger partial charge in [-0.2, -0.15) is 0 Å². The van der Waals surface area contributed by atoms with E-state index in [9.17, 15) is 18.8 Å². The average molecular weight is 712 g/mol. The van der Waals surface area contributed by atoms with Crippen molar-refractivity contribution < 1.29 is 32.6 Å². The number of nitrogens with zero attached hydrogens (tertiary/aromatic N) is 3. The number of hydrogen-bond acceptors (Lipinski definition) is 8. The van der Waals surface area contributed by atoms with Crippen molar-refractivity contribution in [1.29, 1.82) is 0 Å². The highest BCUT2D eigenvalue weighted by Crippen LogP contribution is 2.49. The lowest BCUT2D eigenvalue weighted by Crippen LogP contribution is -2.36. The number of hydrogen-bond donors (Lipinski definition) is 0. The van der Waals surface area contributed by atoms with Crippen LogP contribution >= 0.6 is 11.3 Å². The molecule has 0 N–H and O–H groups in total. The Labute approximate surface area is 299 Å². The van der Waals surface area contributed by atoms with Crippen LogP contribution in [-0.2, 0) is 33.7 Å². The largest absolute Gasteiger partial charge is 0.453 e. The zero-order valence-electron chi connectivity index (χ0n) is 29.0. The highest BCUT2D eigenvalue weighted by Gasteiger charge is 2.54. The van der Waals surface area contributed by atoms with Crippen molar-refractivity contribution in [2.75, 3.05) is 6.54 Å². The van der Waals surface area contributed by atoms with Gasteiger partial charge < -0.3 is 14.4 Å². The molecule has 3 aromatic heterocycles. The van der Waals surface area contributed by atoms with Gasteiger partial charge in [0.05, 0.1) is 32.7 Å². The number of fused-ring (bicyclic) bond motifs is 1. The molecule has 2 aromatic carbocycles. The zero-order chi connectivity index (χ0) is 36.3. The fourth-order valence-electron chi connectivity index (χ4n) is 5.84. The van der Waals surface area contributed by atoms with E-state index in [0.29, 0.717) is 53.0 Å². The molecule has 1 fully saturated rings. The smallest absolute Gasteiger partial charge is 0.410 e. The maximum Gasteiger partial charge on any atom is 0.410 e. The second-order valence-corrected chi connectivity index (χ2v) is 14.9. The molecular formula is C40H39F2N3O5S. The molecule has 1 aliphatic rings. The first-order chi connectivity index (χ1) is 24.3. The van der Waals surface area contributed by atoms with Gasteiger partial charge in [0.15, 0.2) is 23.1 Å². The Morgan fingerprint density at radius 1 is 0.863 bits per heavy atom. The summed E-state index contributed by atoms with van der Waals surface area (Å²) in [4.78, 5) is 50.6. The summed E-state index contributed by atoms with van der Waals surface area (Å²) in [5.41, 5.74) is 1.70. The minimum Gasteiger partial charge on any atom is -0.453 e. The van der Waals surface area contributed by atoms with E-state index in [2.05, 4.69) is 9.97 Å². The summed E-state index contributed by atoms with van der Waals surface area (Å²) >= 11 is 1.41. The van der Waals surface area contributed by atoms with Gasteiger partial charge in [0.1, 0.15) is 17.2 Å². The molecule has 5 aromatic rings. The molecular weight excluding hydrogens is 673 g/mol. The number of Topliss-reactive ketones (excluding diaryl/α,β-unsaturated/α-hetero) is 2. The van der Waals surface area contributed by atoms with E-state index in [4.69, 9.17) is 9.47 Å². The predicted molar refractivity (Wildman–Crippen MR) is 192 cm³/mol. The summed E-state index contributed by atoms with van der Waals surface area (Å²) in [5.74, 6) is -1.05. The Bertz CT molecular complexity index is 2070. The lowest BCUT2D eigenvalue weighted by Gasteiger charge is -2.27. The summed E-state index contributed by atoms with van der Waals surface area (Å²) < 4.78 is 40.9. The van der Waals surface area contributed by atoms with Gasteiger partial charge >= 0.3 is 6.09 Å². The third kappa shape index (κ3) is 8.48. The number of rotatable bonds is 13. The molecule has 0 atom stereocenters. The Kier molecular flexibility index (Phi) is 10.3. The number of aromatic nitrogens is 2. The molecule has 0 spiro atoms. The zero-order valence-corrected chi connectivity index (χ0v) is 29.8. The predicted octanol–water partition coefficient (Wildman–Crippen LogP) is 9.28. The number of benzene rings is 2. The lowest BCUT2D eigenvalue weighted by molar-refractivity contribution is -0.133. The van der Waals surface area contributed by atoms with Gasteiger partial charge in [-0.25, -0.2) is 13.6 Å². The van der Waals surface area contributed by atoms with E-state index in [1.807, 2.05) is 45.9 Å². The molecule has 0 unspecified atom stereocenters. The first-order valence-corrected chi connectivity index (χ1v) is 17.7. The SMILES string of the molecule is CCCN(Cc1ccc(-c2cc3nccc(Oc4ccc(CC(=O)C5(C(=O)Cc6ccc(F)cc6)CC5)cc4F)c3s2)nc1)C(=O)OC(C)(C)C. The van der Waals surface area contributed by atoms with Gasteiger partial charge in [-0.15, -0.1) is 11.3 Å². The van der Waals surface area contributed by atoms with E-state index in [1.54, 1.807) is 41.6 Å². The second-order valence-electron chi connectivity index (χ2n) is 13.9. The summed E-state index contributed by atoms with van der Waals surface area (Å²) in [5, 5.41) is 0. The fraction of sp³-hybridized carbons (Fsp3) is 0.325. The first kappa shape index (κ1) is 35.8.